The number of nitrogens with one attached hydrogen (secondary N) is 1. The summed E-state index contributed by atoms with van der Waals surface area (Å²) in [5.41, 5.74) is -0.0969. The summed E-state index contributed by atoms with van der Waals surface area (Å²) in [6.07, 6.45) is -3.45. The molecule has 102 valence electrons. The maximum atomic E-state index is 12.2. The molecule has 1 saturated heterocycles. The number of hydrogen-bond acceptors (Lipinski definition) is 4. The van der Waals surface area contributed by atoms with Crippen LogP contribution in [-0.4, -0.2) is 22.9 Å². The number of rotatable bonds is 2. The van der Waals surface area contributed by atoms with Crippen molar-refractivity contribution in [2.75, 3.05) is 6.54 Å². The third kappa shape index (κ3) is 3.01. The van der Waals surface area contributed by atoms with Gasteiger partial charge in [-0.1, -0.05) is 19.0 Å². The second-order valence-electron chi connectivity index (χ2n) is 5.32. The molecule has 0 saturated carbocycles. The quantitative estimate of drug-likeness (QED) is 0.891. The molecule has 0 aromatic carbocycles. The molecule has 1 atom stereocenters. The van der Waals surface area contributed by atoms with Gasteiger partial charge in [0, 0.05) is 0 Å². The van der Waals surface area contributed by atoms with Crippen molar-refractivity contribution in [3.63, 3.8) is 0 Å². The molecule has 2 rings (SSSR count). The van der Waals surface area contributed by atoms with Crippen LogP contribution in [0.3, 0.4) is 0 Å². The Morgan fingerprint density at radius 1 is 1.44 bits per heavy atom. The summed E-state index contributed by atoms with van der Waals surface area (Å²) < 4.78 is 41.6. The highest BCUT2D eigenvalue weighted by Crippen LogP contribution is 2.39. The molecule has 1 aromatic heterocycles. The fourth-order valence-electron chi connectivity index (χ4n) is 2.27. The Kier molecular flexibility index (Phi) is 3.35. The second-order valence-corrected chi connectivity index (χ2v) is 5.32. The summed E-state index contributed by atoms with van der Waals surface area (Å²) >= 11 is 0. The van der Waals surface area contributed by atoms with E-state index in [9.17, 15) is 13.2 Å². The summed E-state index contributed by atoms with van der Waals surface area (Å²) in [6.45, 7) is 4.89. The molecule has 0 aliphatic carbocycles. The van der Waals surface area contributed by atoms with Crippen molar-refractivity contribution >= 4 is 0 Å². The molecule has 0 bridgehead atoms. The lowest BCUT2D eigenvalue weighted by molar-refractivity contribution is -0.128. The lowest BCUT2D eigenvalue weighted by Gasteiger charge is -2.36. The van der Waals surface area contributed by atoms with Crippen molar-refractivity contribution in [2.45, 2.75) is 45.3 Å². The van der Waals surface area contributed by atoms with Gasteiger partial charge in [0.2, 0.25) is 5.89 Å². The first-order valence-electron chi connectivity index (χ1n) is 5.90. The molecular formula is C11H16F3N3O. The number of halogens is 3. The van der Waals surface area contributed by atoms with Gasteiger partial charge in [-0.3, -0.25) is 0 Å². The molecule has 1 aliphatic heterocycles. The van der Waals surface area contributed by atoms with Crippen LogP contribution in [0.2, 0.25) is 0 Å². The monoisotopic (exact) mass is 263 g/mol. The molecule has 2 heterocycles. The van der Waals surface area contributed by atoms with Gasteiger partial charge in [-0.15, -0.1) is 0 Å². The zero-order chi connectivity index (χ0) is 13.4. The Morgan fingerprint density at radius 3 is 2.78 bits per heavy atom. The molecule has 1 aliphatic rings. The number of alkyl halides is 3. The van der Waals surface area contributed by atoms with Crippen molar-refractivity contribution in [2.24, 2.45) is 5.41 Å². The van der Waals surface area contributed by atoms with E-state index in [4.69, 9.17) is 4.52 Å². The van der Waals surface area contributed by atoms with Crippen LogP contribution in [0.25, 0.3) is 0 Å². The van der Waals surface area contributed by atoms with E-state index in [-0.39, 0.29) is 23.2 Å². The standard InChI is InChI=1S/C11H16F3N3O/c1-10(2)4-3-5-15-8(10)9-16-7(17-18-9)6-11(12,13)14/h8,15H,3-6H2,1-2H3. The van der Waals surface area contributed by atoms with Gasteiger partial charge in [0.05, 0.1) is 6.04 Å². The molecule has 1 aromatic rings. The van der Waals surface area contributed by atoms with E-state index in [1.807, 2.05) is 13.8 Å². The Balaban J connectivity index is 2.14. The summed E-state index contributed by atoms with van der Waals surface area (Å²) in [6, 6.07) is -0.180. The van der Waals surface area contributed by atoms with E-state index >= 15 is 0 Å². The van der Waals surface area contributed by atoms with Crippen LogP contribution in [0.15, 0.2) is 4.52 Å². The molecule has 4 nitrogen and oxygen atoms in total. The number of aromatic nitrogens is 2. The zero-order valence-corrected chi connectivity index (χ0v) is 10.3. The van der Waals surface area contributed by atoms with Gasteiger partial charge in [0.25, 0.3) is 0 Å². The Labute approximate surface area is 103 Å². The highest BCUT2D eigenvalue weighted by molar-refractivity contribution is 5.01. The largest absolute Gasteiger partial charge is 0.396 e. The van der Waals surface area contributed by atoms with Crippen LogP contribution < -0.4 is 5.32 Å². The number of hydrogen-bond donors (Lipinski definition) is 1. The molecule has 7 heteroatoms. The molecule has 0 spiro atoms. The van der Waals surface area contributed by atoms with Crippen LogP contribution in [0, 0.1) is 5.41 Å². The van der Waals surface area contributed by atoms with Crippen LogP contribution >= 0.6 is 0 Å². The fourth-order valence-corrected chi connectivity index (χ4v) is 2.27. The first-order chi connectivity index (χ1) is 8.28. The van der Waals surface area contributed by atoms with Gasteiger partial charge in [-0.25, -0.2) is 0 Å². The van der Waals surface area contributed by atoms with E-state index in [0.717, 1.165) is 19.4 Å². The minimum Gasteiger partial charge on any atom is -0.338 e. The van der Waals surface area contributed by atoms with E-state index in [1.165, 1.54) is 0 Å². The fraction of sp³-hybridized carbons (Fsp3) is 0.818. The van der Waals surface area contributed by atoms with Gasteiger partial charge in [-0.05, 0) is 24.8 Å². The van der Waals surface area contributed by atoms with Gasteiger partial charge in [0.15, 0.2) is 5.82 Å². The normalized spacial score (nSPS) is 24.2. The summed E-state index contributed by atoms with van der Waals surface area (Å²) in [7, 11) is 0. The lowest BCUT2D eigenvalue weighted by atomic mass is 9.77. The number of nitrogens with zero attached hydrogens (tertiary/aromatic N) is 2. The van der Waals surface area contributed by atoms with Crippen molar-refractivity contribution in [1.29, 1.82) is 0 Å². The predicted molar refractivity (Wildman–Crippen MR) is 57.8 cm³/mol. The third-order valence-electron chi connectivity index (χ3n) is 3.22. The van der Waals surface area contributed by atoms with E-state index in [0.29, 0.717) is 0 Å². The topological polar surface area (TPSA) is 51.0 Å². The molecular weight excluding hydrogens is 247 g/mol. The van der Waals surface area contributed by atoms with Crippen molar-refractivity contribution in [3.05, 3.63) is 11.7 Å². The van der Waals surface area contributed by atoms with Crippen molar-refractivity contribution in [1.82, 2.24) is 15.5 Å². The van der Waals surface area contributed by atoms with Gasteiger partial charge in [-0.2, -0.15) is 18.2 Å². The summed E-state index contributed by atoms with van der Waals surface area (Å²) in [5.74, 6) is -0.0559. The van der Waals surface area contributed by atoms with E-state index in [1.54, 1.807) is 0 Å². The van der Waals surface area contributed by atoms with Crippen LogP contribution in [0.5, 0.6) is 0 Å². The Bertz CT molecular complexity index is 414. The lowest BCUT2D eigenvalue weighted by Crippen LogP contribution is -2.39. The maximum absolute atomic E-state index is 12.2. The van der Waals surface area contributed by atoms with E-state index < -0.39 is 12.6 Å². The Hall–Kier alpha value is -1.11. The average Bonchev–Trinajstić information content (AvgIpc) is 2.62. The maximum Gasteiger partial charge on any atom is 0.396 e. The highest BCUT2D eigenvalue weighted by Gasteiger charge is 2.38. The molecule has 0 radical (unpaired) electrons. The van der Waals surface area contributed by atoms with Gasteiger partial charge < -0.3 is 9.84 Å². The van der Waals surface area contributed by atoms with E-state index in [2.05, 4.69) is 15.5 Å². The van der Waals surface area contributed by atoms with Crippen molar-refractivity contribution < 1.29 is 17.7 Å². The van der Waals surface area contributed by atoms with Crippen LogP contribution in [-0.2, 0) is 6.42 Å². The molecule has 18 heavy (non-hydrogen) atoms. The summed E-state index contributed by atoms with van der Waals surface area (Å²) in [5, 5.41) is 6.62. The van der Waals surface area contributed by atoms with Crippen LogP contribution in [0.1, 0.15) is 44.4 Å². The molecule has 0 amide bonds. The predicted octanol–water partition coefficient (Wildman–Crippen LogP) is 2.63. The highest BCUT2D eigenvalue weighted by atomic mass is 19.4. The molecule has 1 unspecified atom stereocenters. The number of piperidine rings is 1. The summed E-state index contributed by atoms with van der Waals surface area (Å²) in [4.78, 5) is 3.85. The molecule has 1 N–H and O–H groups in total. The third-order valence-corrected chi connectivity index (χ3v) is 3.22. The smallest absolute Gasteiger partial charge is 0.338 e. The Morgan fingerprint density at radius 2 is 2.17 bits per heavy atom. The van der Waals surface area contributed by atoms with Crippen LogP contribution in [0.4, 0.5) is 13.2 Å². The first kappa shape index (κ1) is 13.3. The van der Waals surface area contributed by atoms with Crippen molar-refractivity contribution in [3.8, 4) is 0 Å². The minimum absolute atomic E-state index is 0.0969. The molecule has 1 fully saturated rings. The SMILES string of the molecule is CC1(C)CCCNC1c1nc(CC(F)(F)F)no1. The zero-order valence-electron chi connectivity index (χ0n) is 10.3. The van der Waals surface area contributed by atoms with Gasteiger partial charge >= 0.3 is 6.18 Å². The van der Waals surface area contributed by atoms with Gasteiger partial charge in [0.1, 0.15) is 6.42 Å². The minimum atomic E-state index is -4.31. The first-order valence-corrected chi connectivity index (χ1v) is 5.90. The average molecular weight is 263 g/mol. The second kappa shape index (κ2) is 4.53.